The number of anilines is 1. The third kappa shape index (κ3) is 4.68. The highest BCUT2D eigenvalue weighted by atomic mass is 15.3. The molecule has 0 spiro atoms. The first-order valence-corrected chi connectivity index (χ1v) is 14.8. The zero-order valence-electron chi connectivity index (χ0n) is 23.8. The van der Waals surface area contributed by atoms with Gasteiger partial charge in [-0.1, -0.05) is 91.0 Å². The van der Waals surface area contributed by atoms with Gasteiger partial charge >= 0.3 is 0 Å². The van der Waals surface area contributed by atoms with E-state index in [2.05, 4.69) is 126 Å². The Morgan fingerprint density at radius 3 is 1.93 bits per heavy atom. The molecule has 3 heterocycles. The van der Waals surface area contributed by atoms with E-state index in [0.717, 1.165) is 52.0 Å². The number of likely N-dealkylation sites (N-methyl/N-ethyl adjacent to an activating group) is 2. The highest BCUT2D eigenvalue weighted by Gasteiger charge is 2.32. The van der Waals surface area contributed by atoms with Gasteiger partial charge < -0.3 is 14.7 Å². The molecule has 4 aromatic rings. The number of hydrogen-bond donors (Lipinski definition) is 0. The topological polar surface area (TPSA) is 9.72 Å². The van der Waals surface area contributed by atoms with Crippen molar-refractivity contribution in [1.82, 2.24) is 9.80 Å². The first kappa shape index (κ1) is 25.3. The molecule has 0 radical (unpaired) electrons. The maximum Gasteiger partial charge on any atom is 0.0672 e. The Bertz CT molecular complexity index is 1570. The van der Waals surface area contributed by atoms with Crippen LogP contribution in [-0.2, 0) is 12.8 Å². The lowest BCUT2D eigenvalue weighted by Gasteiger charge is -2.41. The summed E-state index contributed by atoms with van der Waals surface area (Å²) in [6.07, 6.45) is 3.28. The average molecular weight is 526 g/mol. The fourth-order valence-electron chi connectivity index (χ4n) is 7.23. The lowest BCUT2D eigenvalue weighted by atomic mass is 9.89. The Morgan fingerprint density at radius 2 is 1.15 bits per heavy atom. The maximum atomic E-state index is 2.61. The van der Waals surface area contributed by atoms with Crippen LogP contribution in [0.4, 0.5) is 5.69 Å². The van der Waals surface area contributed by atoms with Crippen molar-refractivity contribution in [3.8, 4) is 0 Å². The van der Waals surface area contributed by atoms with Gasteiger partial charge in [0.25, 0.3) is 0 Å². The first-order chi connectivity index (χ1) is 19.7. The van der Waals surface area contributed by atoms with Crippen molar-refractivity contribution in [2.24, 2.45) is 0 Å². The van der Waals surface area contributed by atoms with Gasteiger partial charge in [-0.15, -0.1) is 0 Å². The zero-order valence-corrected chi connectivity index (χ0v) is 23.8. The van der Waals surface area contributed by atoms with E-state index in [4.69, 9.17) is 0 Å². The Labute approximate surface area is 239 Å². The van der Waals surface area contributed by atoms with Gasteiger partial charge in [-0.05, 0) is 89.5 Å². The molecule has 202 valence electrons. The number of fused-ring (bicyclic) bond motifs is 9. The van der Waals surface area contributed by atoms with Crippen LogP contribution in [0.25, 0.3) is 11.1 Å². The molecule has 4 aromatic carbocycles. The molecule has 0 bridgehead atoms. The van der Waals surface area contributed by atoms with E-state index in [1.165, 1.54) is 44.6 Å². The van der Waals surface area contributed by atoms with Crippen LogP contribution < -0.4 is 4.90 Å². The third-order valence-electron chi connectivity index (χ3n) is 9.28. The van der Waals surface area contributed by atoms with Crippen LogP contribution in [0, 0.1) is 0 Å². The first-order valence-electron chi connectivity index (χ1n) is 14.8. The predicted octanol–water partition coefficient (Wildman–Crippen LogP) is 6.92. The second kappa shape index (κ2) is 10.7. The van der Waals surface area contributed by atoms with Gasteiger partial charge in [-0.3, -0.25) is 0 Å². The Kier molecular flexibility index (Phi) is 6.79. The molecular formula is C37H39N3. The molecule has 1 saturated heterocycles. The second-order valence-corrected chi connectivity index (χ2v) is 11.9. The lowest BCUT2D eigenvalue weighted by molar-refractivity contribution is 0.269. The van der Waals surface area contributed by atoms with Crippen molar-refractivity contribution in [3.05, 3.63) is 136 Å². The van der Waals surface area contributed by atoms with Crippen LogP contribution in [0.15, 0.2) is 97.1 Å². The summed E-state index contributed by atoms with van der Waals surface area (Å²) in [4.78, 5) is 7.50. The normalized spacial score (nSPS) is 19.9. The van der Waals surface area contributed by atoms with Crippen molar-refractivity contribution in [2.45, 2.75) is 25.3 Å². The van der Waals surface area contributed by atoms with E-state index in [0.29, 0.717) is 6.04 Å². The highest BCUT2D eigenvalue weighted by Crippen LogP contribution is 2.40. The van der Waals surface area contributed by atoms with Crippen LogP contribution >= 0.6 is 0 Å². The van der Waals surface area contributed by atoms with E-state index in [1.54, 1.807) is 11.1 Å². The van der Waals surface area contributed by atoms with E-state index >= 15 is 0 Å². The van der Waals surface area contributed by atoms with Gasteiger partial charge in [0.15, 0.2) is 0 Å². The third-order valence-corrected chi connectivity index (χ3v) is 9.28. The minimum Gasteiger partial charge on any atom is -0.362 e. The standard InChI is InChI=1S/C19H19N.C18H20N2/c1-20-11-10-18-16-8-4-2-6-14(16)12-15-7-3-5-9-17(15)19(18)13-20;1-19-10-11-20-17-9-5-3-7-15(17)12-14-6-2-4-8-16(14)18(20)13-19/h2-9H,10-13H2,1H3;2-9,18H,10-13H2,1H3. The number of piperazine rings is 1. The van der Waals surface area contributed by atoms with Crippen LogP contribution in [-0.4, -0.2) is 56.6 Å². The largest absolute Gasteiger partial charge is 0.362 e. The van der Waals surface area contributed by atoms with Gasteiger partial charge in [-0.25, -0.2) is 0 Å². The maximum absolute atomic E-state index is 2.61. The minimum absolute atomic E-state index is 0.494. The molecule has 3 nitrogen and oxygen atoms in total. The SMILES string of the molecule is CN1CCC2=C(C1)c1ccccc1Cc1ccccc12.CN1CCN2c3ccccc3Cc3ccccc3C2C1. The fourth-order valence-corrected chi connectivity index (χ4v) is 7.23. The van der Waals surface area contributed by atoms with Crippen LogP contribution in [0.5, 0.6) is 0 Å². The molecule has 0 aromatic heterocycles. The highest BCUT2D eigenvalue weighted by molar-refractivity contribution is 5.95. The lowest BCUT2D eigenvalue weighted by Crippen LogP contribution is -2.46. The summed E-state index contributed by atoms with van der Waals surface area (Å²) in [5.41, 5.74) is 14.9. The van der Waals surface area contributed by atoms with E-state index in [1.807, 2.05) is 0 Å². The van der Waals surface area contributed by atoms with Crippen LogP contribution in [0.2, 0.25) is 0 Å². The molecule has 1 fully saturated rings. The summed E-state index contributed by atoms with van der Waals surface area (Å²) in [5, 5.41) is 0. The molecule has 3 heteroatoms. The second-order valence-electron chi connectivity index (χ2n) is 11.9. The number of rotatable bonds is 0. The molecular weight excluding hydrogens is 486 g/mol. The van der Waals surface area contributed by atoms with Gasteiger partial charge in [0.1, 0.15) is 0 Å². The molecule has 0 amide bonds. The summed E-state index contributed by atoms with van der Waals surface area (Å²) < 4.78 is 0. The molecule has 4 aliphatic rings. The molecule has 0 N–H and O–H groups in total. The van der Waals surface area contributed by atoms with Crippen molar-refractivity contribution < 1.29 is 0 Å². The summed E-state index contributed by atoms with van der Waals surface area (Å²) in [6, 6.07) is 36.2. The summed E-state index contributed by atoms with van der Waals surface area (Å²) in [6.45, 7) is 5.61. The molecule has 3 aliphatic heterocycles. The predicted molar refractivity (Wildman–Crippen MR) is 168 cm³/mol. The van der Waals surface area contributed by atoms with Crippen LogP contribution in [0.3, 0.4) is 0 Å². The Morgan fingerprint density at radius 1 is 0.550 bits per heavy atom. The van der Waals surface area contributed by atoms with Crippen LogP contribution in [0.1, 0.15) is 51.4 Å². The molecule has 1 unspecified atom stereocenters. The van der Waals surface area contributed by atoms with Gasteiger partial charge in [0.2, 0.25) is 0 Å². The summed E-state index contributed by atoms with van der Waals surface area (Å²) in [5.74, 6) is 0. The van der Waals surface area contributed by atoms with Crippen molar-refractivity contribution in [1.29, 1.82) is 0 Å². The molecule has 1 atom stereocenters. The zero-order chi connectivity index (χ0) is 27.1. The number of para-hydroxylation sites is 1. The number of nitrogens with zero attached hydrogens (tertiary/aromatic N) is 3. The monoisotopic (exact) mass is 525 g/mol. The smallest absolute Gasteiger partial charge is 0.0672 e. The molecule has 0 saturated carbocycles. The van der Waals surface area contributed by atoms with Crippen molar-refractivity contribution in [3.63, 3.8) is 0 Å². The van der Waals surface area contributed by atoms with Crippen molar-refractivity contribution >= 4 is 16.8 Å². The average Bonchev–Trinajstić information content (AvgIpc) is 3.21. The Balaban J connectivity index is 0.000000132. The number of hydrogen-bond acceptors (Lipinski definition) is 3. The summed E-state index contributed by atoms with van der Waals surface area (Å²) >= 11 is 0. The quantitative estimate of drug-likeness (QED) is 0.247. The van der Waals surface area contributed by atoms with Crippen molar-refractivity contribution in [2.75, 3.05) is 51.7 Å². The fraction of sp³-hybridized carbons (Fsp3) is 0.297. The number of benzene rings is 4. The summed E-state index contributed by atoms with van der Waals surface area (Å²) in [7, 11) is 4.46. The minimum atomic E-state index is 0.494. The van der Waals surface area contributed by atoms with Gasteiger partial charge in [-0.2, -0.15) is 0 Å². The Hall–Kier alpha value is -3.66. The molecule has 8 rings (SSSR count). The van der Waals surface area contributed by atoms with E-state index in [9.17, 15) is 0 Å². The molecule has 1 aliphatic carbocycles. The van der Waals surface area contributed by atoms with E-state index < -0.39 is 0 Å². The van der Waals surface area contributed by atoms with Gasteiger partial charge in [0.05, 0.1) is 6.04 Å². The molecule has 40 heavy (non-hydrogen) atoms. The van der Waals surface area contributed by atoms with E-state index in [-0.39, 0.29) is 0 Å². The van der Waals surface area contributed by atoms with Gasteiger partial charge in [0, 0.05) is 38.4 Å².